The molecule has 0 aliphatic carbocycles. The van der Waals surface area contributed by atoms with Gasteiger partial charge in [-0.1, -0.05) is 48.0 Å². The molecule has 0 aliphatic heterocycles. The fourth-order valence-corrected chi connectivity index (χ4v) is 2.14. The number of rotatable bonds is 4. The Morgan fingerprint density at radius 3 is 2.41 bits per heavy atom. The Labute approximate surface area is 111 Å². The maximum absolute atomic E-state index is 11.8. The van der Waals surface area contributed by atoms with Gasteiger partial charge in [-0.3, -0.25) is 4.79 Å². The molecule has 0 aromatic heterocycles. The highest BCUT2D eigenvalue weighted by molar-refractivity contribution is 9.10. The Morgan fingerprint density at radius 1 is 1.29 bits per heavy atom. The van der Waals surface area contributed by atoms with Crippen molar-refractivity contribution in [3.05, 3.63) is 34.3 Å². The van der Waals surface area contributed by atoms with E-state index in [0.717, 1.165) is 10.0 Å². The summed E-state index contributed by atoms with van der Waals surface area (Å²) in [6.45, 7) is 5.83. The van der Waals surface area contributed by atoms with Crippen LogP contribution in [0.5, 0.6) is 0 Å². The number of halogens is 1. The molecule has 0 bridgehead atoms. The van der Waals surface area contributed by atoms with Gasteiger partial charge in [0.15, 0.2) is 0 Å². The Bertz CT molecular complexity index is 393. The monoisotopic (exact) mass is 298 g/mol. The molecule has 0 spiro atoms. The summed E-state index contributed by atoms with van der Waals surface area (Å²) in [6, 6.07) is 7.33. The van der Waals surface area contributed by atoms with E-state index in [4.69, 9.17) is 5.73 Å². The third-order valence-electron chi connectivity index (χ3n) is 2.75. The van der Waals surface area contributed by atoms with Gasteiger partial charge in [-0.25, -0.2) is 0 Å². The van der Waals surface area contributed by atoms with Crippen molar-refractivity contribution < 1.29 is 4.79 Å². The van der Waals surface area contributed by atoms with E-state index in [9.17, 15) is 4.79 Å². The molecule has 0 heterocycles. The van der Waals surface area contributed by atoms with Crippen LogP contribution in [0.15, 0.2) is 28.7 Å². The molecule has 0 aliphatic rings. The lowest BCUT2D eigenvalue weighted by atomic mass is 10.0. The number of nitrogens with one attached hydrogen (secondary N) is 1. The fourth-order valence-electron chi connectivity index (χ4n) is 1.52. The smallest absolute Gasteiger partial charge is 0.237 e. The van der Waals surface area contributed by atoms with E-state index in [-0.39, 0.29) is 17.9 Å². The van der Waals surface area contributed by atoms with E-state index in [2.05, 4.69) is 21.2 Å². The van der Waals surface area contributed by atoms with Crippen LogP contribution in [0.3, 0.4) is 0 Å². The second-order valence-electron chi connectivity index (χ2n) is 4.52. The van der Waals surface area contributed by atoms with Gasteiger partial charge >= 0.3 is 0 Å². The Hall–Kier alpha value is -0.870. The summed E-state index contributed by atoms with van der Waals surface area (Å²) in [6.07, 6.45) is 0. The predicted molar refractivity (Wildman–Crippen MR) is 73.5 cm³/mol. The number of amides is 1. The van der Waals surface area contributed by atoms with Crippen LogP contribution >= 0.6 is 15.9 Å². The predicted octanol–water partition coefficient (Wildman–Crippen LogP) is 2.61. The van der Waals surface area contributed by atoms with Crippen molar-refractivity contribution in [2.24, 2.45) is 11.7 Å². The average molecular weight is 299 g/mol. The molecule has 94 valence electrons. The first-order valence-corrected chi connectivity index (χ1v) is 6.53. The van der Waals surface area contributed by atoms with E-state index in [1.54, 1.807) is 0 Å². The quantitative estimate of drug-likeness (QED) is 0.898. The zero-order chi connectivity index (χ0) is 13.0. The molecule has 0 radical (unpaired) electrons. The molecule has 3 N–H and O–H groups in total. The van der Waals surface area contributed by atoms with Crippen molar-refractivity contribution in [1.82, 2.24) is 5.32 Å². The van der Waals surface area contributed by atoms with Crippen molar-refractivity contribution in [2.45, 2.75) is 32.9 Å². The van der Waals surface area contributed by atoms with E-state index in [1.807, 2.05) is 45.0 Å². The minimum absolute atomic E-state index is 0.0529. The maximum atomic E-state index is 11.8. The summed E-state index contributed by atoms with van der Waals surface area (Å²) in [7, 11) is 0. The molecular weight excluding hydrogens is 280 g/mol. The SMILES string of the molecule is CC(C)[C@@H](N)C(=O)N[C@H](C)c1ccccc1Br. The second kappa shape index (κ2) is 6.17. The van der Waals surface area contributed by atoms with Gasteiger partial charge in [0.1, 0.15) is 0 Å². The van der Waals surface area contributed by atoms with Gasteiger partial charge in [-0.15, -0.1) is 0 Å². The molecule has 0 saturated carbocycles. The van der Waals surface area contributed by atoms with Gasteiger partial charge in [0.25, 0.3) is 0 Å². The molecule has 0 unspecified atom stereocenters. The molecule has 17 heavy (non-hydrogen) atoms. The summed E-state index contributed by atoms with van der Waals surface area (Å²) < 4.78 is 0.992. The van der Waals surface area contributed by atoms with Crippen molar-refractivity contribution in [1.29, 1.82) is 0 Å². The molecular formula is C13H19BrN2O. The number of carbonyl (C=O) groups is 1. The summed E-state index contributed by atoms with van der Waals surface area (Å²) in [5, 5.41) is 2.92. The zero-order valence-corrected chi connectivity index (χ0v) is 12.0. The van der Waals surface area contributed by atoms with E-state index in [1.165, 1.54) is 0 Å². The molecule has 1 aromatic carbocycles. The summed E-state index contributed by atoms with van der Waals surface area (Å²) >= 11 is 3.47. The maximum Gasteiger partial charge on any atom is 0.237 e. The third-order valence-corrected chi connectivity index (χ3v) is 3.47. The lowest BCUT2D eigenvalue weighted by Crippen LogP contribution is -2.44. The van der Waals surface area contributed by atoms with Gasteiger partial charge < -0.3 is 11.1 Å². The molecule has 4 heteroatoms. The Morgan fingerprint density at radius 2 is 1.88 bits per heavy atom. The minimum Gasteiger partial charge on any atom is -0.348 e. The van der Waals surface area contributed by atoms with Crippen LogP contribution in [0.2, 0.25) is 0 Å². The number of hydrogen-bond acceptors (Lipinski definition) is 2. The van der Waals surface area contributed by atoms with Crippen LogP contribution in [-0.4, -0.2) is 11.9 Å². The lowest BCUT2D eigenvalue weighted by molar-refractivity contribution is -0.123. The standard InChI is InChI=1S/C13H19BrN2O/c1-8(2)12(15)13(17)16-9(3)10-6-4-5-7-11(10)14/h4-9,12H,15H2,1-3H3,(H,16,17)/t9-,12-/m1/s1. The molecule has 1 aromatic rings. The number of carbonyl (C=O) groups excluding carboxylic acids is 1. The largest absolute Gasteiger partial charge is 0.348 e. The molecule has 0 saturated heterocycles. The molecule has 0 fully saturated rings. The minimum atomic E-state index is -0.458. The third kappa shape index (κ3) is 3.82. The normalized spacial score (nSPS) is 14.5. The number of hydrogen-bond donors (Lipinski definition) is 2. The summed E-state index contributed by atoms with van der Waals surface area (Å²) in [5.41, 5.74) is 6.85. The summed E-state index contributed by atoms with van der Waals surface area (Å²) in [5.74, 6) is 0.0321. The molecule has 2 atom stereocenters. The summed E-state index contributed by atoms with van der Waals surface area (Å²) in [4.78, 5) is 11.8. The van der Waals surface area contributed by atoms with Crippen molar-refractivity contribution in [2.75, 3.05) is 0 Å². The van der Waals surface area contributed by atoms with Crippen molar-refractivity contribution >= 4 is 21.8 Å². The first-order valence-electron chi connectivity index (χ1n) is 5.74. The van der Waals surface area contributed by atoms with Gasteiger partial charge in [0.05, 0.1) is 12.1 Å². The van der Waals surface area contributed by atoms with Gasteiger partial charge in [0.2, 0.25) is 5.91 Å². The van der Waals surface area contributed by atoms with E-state index < -0.39 is 6.04 Å². The van der Waals surface area contributed by atoms with Gasteiger partial charge in [-0.05, 0) is 24.5 Å². The van der Waals surface area contributed by atoms with Crippen LogP contribution in [0.4, 0.5) is 0 Å². The van der Waals surface area contributed by atoms with Gasteiger partial charge in [-0.2, -0.15) is 0 Å². The highest BCUT2D eigenvalue weighted by Crippen LogP contribution is 2.22. The second-order valence-corrected chi connectivity index (χ2v) is 5.38. The molecule has 3 nitrogen and oxygen atoms in total. The van der Waals surface area contributed by atoms with Crippen LogP contribution in [-0.2, 0) is 4.79 Å². The van der Waals surface area contributed by atoms with E-state index >= 15 is 0 Å². The van der Waals surface area contributed by atoms with Crippen LogP contribution in [0.1, 0.15) is 32.4 Å². The number of benzene rings is 1. The van der Waals surface area contributed by atoms with Crippen LogP contribution in [0, 0.1) is 5.92 Å². The van der Waals surface area contributed by atoms with Crippen LogP contribution in [0.25, 0.3) is 0 Å². The first kappa shape index (κ1) is 14.2. The first-order chi connectivity index (χ1) is 7.93. The Balaban J connectivity index is 2.70. The van der Waals surface area contributed by atoms with E-state index in [0.29, 0.717) is 0 Å². The van der Waals surface area contributed by atoms with Crippen molar-refractivity contribution in [3.63, 3.8) is 0 Å². The van der Waals surface area contributed by atoms with Crippen LogP contribution < -0.4 is 11.1 Å². The molecule has 1 rings (SSSR count). The lowest BCUT2D eigenvalue weighted by Gasteiger charge is -2.20. The highest BCUT2D eigenvalue weighted by Gasteiger charge is 2.20. The molecule has 1 amide bonds. The zero-order valence-electron chi connectivity index (χ0n) is 10.4. The van der Waals surface area contributed by atoms with Crippen molar-refractivity contribution in [3.8, 4) is 0 Å². The average Bonchev–Trinajstić information content (AvgIpc) is 2.28. The van der Waals surface area contributed by atoms with Gasteiger partial charge in [0, 0.05) is 4.47 Å². The topological polar surface area (TPSA) is 55.1 Å². The fraction of sp³-hybridized carbons (Fsp3) is 0.462. The Kier molecular flexibility index (Phi) is 5.15. The number of nitrogens with two attached hydrogens (primary N) is 1. The highest BCUT2D eigenvalue weighted by atomic mass is 79.9.